The summed E-state index contributed by atoms with van der Waals surface area (Å²) in [4.78, 5) is 0. The third-order valence-corrected chi connectivity index (χ3v) is 2.70. The highest BCUT2D eigenvalue weighted by Crippen LogP contribution is 1.99. The van der Waals surface area contributed by atoms with Crippen LogP contribution in [-0.4, -0.2) is 0 Å². The first-order valence-electron chi connectivity index (χ1n) is 4.40. The number of hydrogen-bond acceptors (Lipinski definition) is 1. The summed E-state index contributed by atoms with van der Waals surface area (Å²) in [5, 5.41) is 2.10. The van der Waals surface area contributed by atoms with Crippen LogP contribution in [0.1, 0.15) is 5.56 Å². The predicted molar refractivity (Wildman–Crippen MR) is 54.7 cm³/mol. The van der Waals surface area contributed by atoms with E-state index in [1.165, 1.54) is 5.56 Å². The summed E-state index contributed by atoms with van der Waals surface area (Å²) in [5.41, 5.74) is 3.55. The minimum Gasteiger partial charge on any atom is -1.00 e. The highest BCUT2D eigenvalue weighted by molar-refractivity contribution is 7.07. The van der Waals surface area contributed by atoms with Crippen molar-refractivity contribution in [3.05, 3.63) is 53.0 Å². The molecule has 0 unspecified atom stereocenters. The Labute approximate surface area is 105 Å². The number of hydrogen-bond donors (Lipinski definition) is 0. The lowest BCUT2D eigenvalue weighted by molar-refractivity contribution is -0.691. The molecule has 0 aliphatic carbocycles. The van der Waals surface area contributed by atoms with Crippen LogP contribution >= 0.6 is 11.3 Å². The molecule has 0 N–H and O–H groups in total. The molecule has 2 aromatic rings. The van der Waals surface area contributed by atoms with E-state index in [1.54, 1.807) is 11.3 Å². The largest absolute Gasteiger partial charge is 1.00 e. The van der Waals surface area contributed by atoms with Gasteiger partial charge in [-0.1, -0.05) is 41.7 Å². The van der Waals surface area contributed by atoms with E-state index in [4.69, 9.17) is 0 Å². The monoisotopic (exact) mass is 317 g/mol. The molecule has 0 bridgehead atoms. The summed E-state index contributed by atoms with van der Waals surface area (Å²) in [7, 11) is 0. The van der Waals surface area contributed by atoms with Crippen molar-refractivity contribution in [3.63, 3.8) is 0 Å². The molecule has 0 atom stereocenters. The molecular weight excluding hydrogens is 305 g/mol. The van der Waals surface area contributed by atoms with Crippen LogP contribution in [0.4, 0.5) is 0 Å². The topological polar surface area (TPSA) is 3.88 Å². The van der Waals surface area contributed by atoms with Gasteiger partial charge in [0.2, 0.25) is 5.51 Å². The maximum atomic E-state index is 2.22. The second-order valence-corrected chi connectivity index (χ2v) is 3.76. The number of aromatic nitrogens is 1. The van der Waals surface area contributed by atoms with Gasteiger partial charge in [0.25, 0.3) is 0 Å². The van der Waals surface area contributed by atoms with Gasteiger partial charge in [-0.05, 0) is 5.56 Å². The summed E-state index contributed by atoms with van der Waals surface area (Å²) >= 11 is 1.74. The van der Waals surface area contributed by atoms with Crippen LogP contribution in [-0.2, 0) is 13.0 Å². The second kappa shape index (κ2) is 6.14. The van der Waals surface area contributed by atoms with Crippen molar-refractivity contribution >= 4 is 11.3 Å². The molecule has 14 heavy (non-hydrogen) atoms. The van der Waals surface area contributed by atoms with Crippen LogP contribution in [0.2, 0.25) is 0 Å². The van der Waals surface area contributed by atoms with Crippen molar-refractivity contribution in [2.75, 3.05) is 0 Å². The molecule has 2 rings (SSSR count). The molecule has 0 saturated heterocycles. The molecule has 0 radical (unpaired) electrons. The molecule has 0 fully saturated rings. The molecule has 0 aliphatic rings. The Balaban J connectivity index is 0.000000980. The van der Waals surface area contributed by atoms with Gasteiger partial charge in [-0.2, -0.15) is 4.57 Å². The molecule has 74 valence electrons. The first-order chi connectivity index (χ1) is 6.45. The first kappa shape index (κ1) is 11.7. The minimum absolute atomic E-state index is 0. The molecule has 3 heteroatoms. The fourth-order valence-electron chi connectivity index (χ4n) is 1.29. The maximum Gasteiger partial charge on any atom is 0.224 e. The van der Waals surface area contributed by atoms with E-state index < -0.39 is 0 Å². The lowest BCUT2D eigenvalue weighted by Gasteiger charge is -1.95. The molecule has 0 saturated carbocycles. The van der Waals surface area contributed by atoms with Gasteiger partial charge in [-0.15, -0.1) is 0 Å². The standard InChI is InChI=1S/C11H12NS.HI/c1-2-4-11(5-3-1)6-7-12-8-9-13-10-12;/h1-5,8-10H,6-7H2;1H/q+1;/p-1. The Kier molecular flexibility index (Phi) is 5.11. The summed E-state index contributed by atoms with van der Waals surface area (Å²) < 4.78 is 2.22. The van der Waals surface area contributed by atoms with E-state index in [9.17, 15) is 0 Å². The Morgan fingerprint density at radius 2 is 1.93 bits per heavy atom. The molecule has 0 amide bonds. The van der Waals surface area contributed by atoms with Gasteiger partial charge >= 0.3 is 0 Å². The zero-order chi connectivity index (χ0) is 8.93. The van der Waals surface area contributed by atoms with Crippen LogP contribution in [0.25, 0.3) is 0 Å². The summed E-state index contributed by atoms with van der Waals surface area (Å²) in [6.45, 7) is 1.08. The average molecular weight is 317 g/mol. The van der Waals surface area contributed by atoms with Gasteiger partial charge in [0.1, 0.15) is 0 Å². The van der Waals surface area contributed by atoms with Crippen molar-refractivity contribution < 1.29 is 28.5 Å². The molecular formula is C11H12INS. The normalized spacial score (nSPS) is 9.43. The van der Waals surface area contributed by atoms with Crippen LogP contribution in [0.15, 0.2) is 47.4 Å². The number of rotatable bonds is 3. The lowest BCUT2D eigenvalue weighted by atomic mass is 10.1. The molecule has 1 aromatic heterocycles. The number of thiazole rings is 1. The zero-order valence-corrected chi connectivity index (χ0v) is 10.7. The van der Waals surface area contributed by atoms with E-state index in [-0.39, 0.29) is 24.0 Å². The molecule has 0 aliphatic heterocycles. The molecule has 1 heterocycles. The Bertz CT molecular complexity index is 345. The van der Waals surface area contributed by atoms with E-state index in [1.807, 2.05) is 0 Å². The van der Waals surface area contributed by atoms with E-state index >= 15 is 0 Å². The second-order valence-electron chi connectivity index (χ2n) is 3.00. The average Bonchev–Trinajstić information content (AvgIpc) is 2.69. The number of halogens is 1. The van der Waals surface area contributed by atoms with Crippen LogP contribution < -0.4 is 28.5 Å². The van der Waals surface area contributed by atoms with Crippen molar-refractivity contribution in [2.45, 2.75) is 13.0 Å². The maximum absolute atomic E-state index is 2.22. The van der Waals surface area contributed by atoms with Crippen LogP contribution in [0.5, 0.6) is 0 Å². The SMILES string of the molecule is [I-].c1ccc(CC[n+]2ccsc2)cc1. The third kappa shape index (κ3) is 3.38. The number of aryl methyl sites for hydroxylation is 2. The molecule has 1 nitrogen and oxygen atoms in total. The highest BCUT2D eigenvalue weighted by Gasteiger charge is 1.99. The van der Waals surface area contributed by atoms with Crippen LogP contribution in [0, 0.1) is 0 Å². The number of nitrogens with zero attached hydrogens (tertiary/aromatic N) is 1. The quantitative estimate of drug-likeness (QED) is 0.520. The predicted octanol–water partition coefficient (Wildman–Crippen LogP) is -0.718. The van der Waals surface area contributed by atoms with Crippen molar-refractivity contribution in [1.82, 2.24) is 0 Å². The van der Waals surface area contributed by atoms with Crippen molar-refractivity contribution in [1.29, 1.82) is 0 Å². The summed E-state index contributed by atoms with van der Waals surface area (Å²) in [6, 6.07) is 10.6. The van der Waals surface area contributed by atoms with E-state index in [0.29, 0.717) is 0 Å². The molecule has 0 spiro atoms. The fourth-order valence-corrected chi connectivity index (χ4v) is 1.92. The first-order valence-corrected chi connectivity index (χ1v) is 5.34. The van der Waals surface area contributed by atoms with Gasteiger partial charge in [-0.25, -0.2) is 0 Å². The van der Waals surface area contributed by atoms with Crippen molar-refractivity contribution in [2.24, 2.45) is 0 Å². The lowest BCUT2D eigenvalue weighted by Crippen LogP contribution is -3.00. The highest BCUT2D eigenvalue weighted by atomic mass is 127. The van der Waals surface area contributed by atoms with Gasteiger partial charge in [0.05, 0.1) is 5.38 Å². The third-order valence-electron chi connectivity index (χ3n) is 2.03. The Morgan fingerprint density at radius 3 is 2.57 bits per heavy atom. The van der Waals surface area contributed by atoms with E-state index in [0.717, 1.165) is 13.0 Å². The number of benzene rings is 1. The van der Waals surface area contributed by atoms with Gasteiger partial charge < -0.3 is 24.0 Å². The Morgan fingerprint density at radius 1 is 1.14 bits per heavy atom. The minimum atomic E-state index is 0. The zero-order valence-electron chi connectivity index (χ0n) is 7.77. The van der Waals surface area contributed by atoms with Gasteiger partial charge in [0, 0.05) is 6.42 Å². The van der Waals surface area contributed by atoms with Crippen LogP contribution in [0.3, 0.4) is 0 Å². The smallest absolute Gasteiger partial charge is 0.224 e. The summed E-state index contributed by atoms with van der Waals surface area (Å²) in [5.74, 6) is 0. The van der Waals surface area contributed by atoms with Crippen molar-refractivity contribution in [3.8, 4) is 0 Å². The van der Waals surface area contributed by atoms with Gasteiger partial charge in [-0.3, -0.25) is 0 Å². The van der Waals surface area contributed by atoms with Gasteiger partial charge in [0.15, 0.2) is 12.7 Å². The Hall–Kier alpha value is -0.420. The fraction of sp³-hybridized carbons (Fsp3) is 0.182. The van der Waals surface area contributed by atoms with E-state index in [2.05, 4.69) is 52.0 Å². The molecule has 1 aromatic carbocycles. The summed E-state index contributed by atoms with van der Waals surface area (Å²) in [6.07, 6.45) is 3.23.